The zero-order valence-electron chi connectivity index (χ0n) is 33.0. The Kier molecular flexibility index (Phi) is 8.87. The first kappa shape index (κ1) is 35.2. The van der Waals surface area contributed by atoms with Crippen LogP contribution < -0.4 is 4.90 Å². The lowest BCUT2D eigenvalue weighted by Gasteiger charge is -2.27. The minimum absolute atomic E-state index is 1.10. The molecule has 0 N–H and O–H groups in total. The van der Waals surface area contributed by atoms with Gasteiger partial charge in [0.2, 0.25) is 0 Å². The number of hydrogen-bond acceptors (Lipinski definition) is 1. The fraction of sp³-hybridized carbons (Fsp3) is 0. The predicted octanol–water partition coefficient (Wildman–Crippen LogP) is 16.1. The third-order valence-electron chi connectivity index (χ3n) is 11.8. The first-order chi connectivity index (χ1) is 29.8. The van der Waals surface area contributed by atoms with Crippen molar-refractivity contribution in [2.45, 2.75) is 0 Å². The van der Waals surface area contributed by atoms with Crippen LogP contribution in [0.2, 0.25) is 0 Å². The van der Waals surface area contributed by atoms with E-state index in [1.165, 1.54) is 71.5 Å². The Labute approximate surface area is 350 Å². The lowest BCUT2D eigenvalue weighted by Crippen LogP contribution is -2.10. The molecule has 10 aromatic carbocycles. The summed E-state index contributed by atoms with van der Waals surface area (Å²) in [5.74, 6) is 0. The van der Waals surface area contributed by atoms with Crippen LogP contribution in [0.5, 0.6) is 0 Å². The van der Waals surface area contributed by atoms with E-state index < -0.39 is 0 Å². The van der Waals surface area contributed by atoms with Crippen LogP contribution in [-0.2, 0) is 0 Å². The van der Waals surface area contributed by atoms with E-state index in [0.717, 1.165) is 28.3 Å². The summed E-state index contributed by atoms with van der Waals surface area (Å²) in [6, 6.07) is 87.8. The Morgan fingerprint density at radius 2 is 0.833 bits per heavy atom. The van der Waals surface area contributed by atoms with Gasteiger partial charge in [-0.05, 0) is 111 Å². The summed E-state index contributed by atoms with van der Waals surface area (Å²) >= 11 is 0. The largest absolute Gasteiger partial charge is 0.310 e. The lowest BCUT2D eigenvalue weighted by atomic mass is 9.94. The molecule has 0 saturated carbocycles. The number of anilines is 3. The smallest absolute Gasteiger partial charge is 0.0547 e. The predicted molar refractivity (Wildman–Crippen MR) is 255 cm³/mol. The van der Waals surface area contributed by atoms with Gasteiger partial charge < -0.3 is 9.47 Å². The van der Waals surface area contributed by atoms with Crippen LogP contribution >= 0.6 is 0 Å². The molecule has 0 bridgehead atoms. The van der Waals surface area contributed by atoms with Gasteiger partial charge in [-0.25, -0.2) is 0 Å². The number of rotatable bonds is 8. The maximum atomic E-state index is 2.40. The molecule has 0 atom stereocenters. The molecule has 2 nitrogen and oxygen atoms in total. The third kappa shape index (κ3) is 6.23. The summed E-state index contributed by atoms with van der Waals surface area (Å²) in [5, 5.41) is 4.92. The number of aromatic nitrogens is 1. The quantitative estimate of drug-likeness (QED) is 0.150. The monoisotopic (exact) mass is 764 g/mol. The Bertz CT molecular complexity index is 3300. The summed E-state index contributed by atoms with van der Waals surface area (Å²) < 4.78 is 2.39. The molecular weight excluding hydrogens is 725 g/mol. The average molecular weight is 765 g/mol. The standard InChI is InChI=1S/C58H40N2/c1-3-17-41(18-4-1)50-27-9-10-28-51(50)43-35-37-48(38-36-43)59(55-33-15-20-42-19-7-8-29-52(42)55)49-26-14-22-45(40-49)44-21-13-23-46(39-44)53-31-16-34-57-58(53)54-30-11-12-32-56(54)60(57)47-24-5-2-6-25-47/h1-40H. The Hall–Kier alpha value is -7.94. The van der Waals surface area contributed by atoms with E-state index in [0.29, 0.717) is 0 Å². The maximum absolute atomic E-state index is 2.40. The molecule has 11 aromatic rings. The fourth-order valence-corrected chi connectivity index (χ4v) is 9.03. The molecule has 11 rings (SSSR count). The van der Waals surface area contributed by atoms with Gasteiger partial charge in [-0.3, -0.25) is 0 Å². The zero-order valence-corrected chi connectivity index (χ0v) is 33.0. The molecule has 0 amide bonds. The van der Waals surface area contributed by atoms with Crippen LogP contribution in [-0.4, -0.2) is 4.57 Å². The lowest BCUT2D eigenvalue weighted by molar-refractivity contribution is 1.18. The van der Waals surface area contributed by atoms with Gasteiger partial charge in [-0.2, -0.15) is 0 Å². The molecule has 0 aliphatic rings. The van der Waals surface area contributed by atoms with Crippen LogP contribution in [0.3, 0.4) is 0 Å². The summed E-state index contributed by atoms with van der Waals surface area (Å²) in [6.07, 6.45) is 0. The van der Waals surface area contributed by atoms with Crippen molar-refractivity contribution >= 4 is 49.6 Å². The van der Waals surface area contributed by atoms with E-state index in [4.69, 9.17) is 0 Å². The molecule has 0 aliphatic carbocycles. The molecule has 60 heavy (non-hydrogen) atoms. The molecule has 0 radical (unpaired) electrons. The second-order valence-corrected chi connectivity index (χ2v) is 15.3. The van der Waals surface area contributed by atoms with Crippen LogP contribution in [0.25, 0.3) is 82.8 Å². The molecule has 0 aliphatic heterocycles. The van der Waals surface area contributed by atoms with Crippen molar-refractivity contribution in [3.8, 4) is 50.2 Å². The van der Waals surface area contributed by atoms with Crippen molar-refractivity contribution in [1.29, 1.82) is 0 Å². The van der Waals surface area contributed by atoms with Gasteiger partial charge in [0.15, 0.2) is 0 Å². The molecule has 0 spiro atoms. The summed E-state index contributed by atoms with van der Waals surface area (Å²) in [4.78, 5) is 2.40. The first-order valence-corrected chi connectivity index (χ1v) is 20.6. The highest BCUT2D eigenvalue weighted by Gasteiger charge is 2.19. The fourth-order valence-electron chi connectivity index (χ4n) is 9.03. The van der Waals surface area contributed by atoms with Gasteiger partial charge in [0, 0.05) is 33.2 Å². The van der Waals surface area contributed by atoms with Crippen molar-refractivity contribution < 1.29 is 0 Å². The van der Waals surface area contributed by atoms with E-state index >= 15 is 0 Å². The molecular formula is C58H40N2. The van der Waals surface area contributed by atoms with E-state index in [2.05, 4.69) is 252 Å². The van der Waals surface area contributed by atoms with Crippen molar-refractivity contribution in [3.63, 3.8) is 0 Å². The minimum Gasteiger partial charge on any atom is -0.310 e. The minimum atomic E-state index is 1.10. The normalized spacial score (nSPS) is 11.3. The number of para-hydroxylation sites is 2. The first-order valence-electron chi connectivity index (χ1n) is 20.6. The summed E-state index contributed by atoms with van der Waals surface area (Å²) in [7, 11) is 0. The second-order valence-electron chi connectivity index (χ2n) is 15.3. The van der Waals surface area contributed by atoms with Gasteiger partial charge in [0.1, 0.15) is 0 Å². The molecule has 1 heterocycles. The van der Waals surface area contributed by atoms with Crippen LogP contribution in [0.15, 0.2) is 243 Å². The van der Waals surface area contributed by atoms with Crippen LogP contribution in [0, 0.1) is 0 Å². The zero-order chi connectivity index (χ0) is 39.8. The average Bonchev–Trinajstić information content (AvgIpc) is 3.67. The molecule has 1 aromatic heterocycles. The molecule has 0 unspecified atom stereocenters. The van der Waals surface area contributed by atoms with Gasteiger partial charge in [0.05, 0.1) is 16.7 Å². The van der Waals surface area contributed by atoms with Gasteiger partial charge in [-0.15, -0.1) is 0 Å². The SMILES string of the molecule is c1ccc(-c2ccccc2-c2ccc(N(c3cccc(-c4cccc(-c5cccc6c5c5ccccc5n6-c5ccccc5)c4)c3)c3cccc4ccccc34)cc2)cc1. The van der Waals surface area contributed by atoms with Crippen molar-refractivity contribution in [3.05, 3.63) is 243 Å². The summed E-state index contributed by atoms with van der Waals surface area (Å²) in [6.45, 7) is 0. The molecule has 282 valence electrons. The summed E-state index contributed by atoms with van der Waals surface area (Å²) in [5.41, 5.74) is 16.5. The van der Waals surface area contributed by atoms with E-state index in [1.54, 1.807) is 0 Å². The number of nitrogens with zero attached hydrogens (tertiary/aromatic N) is 2. The Balaban J connectivity index is 1.02. The van der Waals surface area contributed by atoms with E-state index in [9.17, 15) is 0 Å². The van der Waals surface area contributed by atoms with Gasteiger partial charge in [0.25, 0.3) is 0 Å². The Morgan fingerprint density at radius 3 is 1.63 bits per heavy atom. The van der Waals surface area contributed by atoms with Gasteiger partial charge in [-0.1, -0.05) is 182 Å². The second kappa shape index (κ2) is 15.1. The van der Waals surface area contributed by atoms with Crippen LogP contribution in [0.4, 0.5) is 17.1 Å². The molecule has 0 saturated heterocycles. The van der Waals surface area contributed by atoms with Crippen molar-refractivity contribution in [2.75, 3.05) is 4.90 Å². The molecule has 0 fully saturated rings. The van der Waals surface area contributed by atoms with Crippen molar-refractivity contribution in [1.82, 2.24) is 4.57 Å². The highest BCUT2D eigenvalue weighted by molar-refractivity contribution is 6.16. The number of hydrogen-bond donors (Lipinski definition) is 0. The van der Waals surface area contributed by atoms with Gasteiger partial charge >= 0.3 is 0 Å². The molecule has 2 heteroatoms. The Morgan fingerprint density at radius 1 is 0.300 bits per heavy atom. The highest BCUT2D eigenvalue weighted by Crippen LogP contribution is 2.43. The highest BCUT2D eigenvalue weighted by atomic mass is 15.1. The van der Waals surface area contributed by atoms with E-state index in [-0.39, 0.29) is 0 Å². The van der Waals surface area contributed by atoms with E-state index in [1.807, 2.05) is 0 Å². The maximum Gasteiger partial charge on any atom is 0.0547 e. The topological polar surface area (TPSA) is 8.17 Å². The third-order valence-corrected chi connectivity index (χ3v) is 11.8. The van der Waals surface area contributed by atoms with Crippen LogP contribution in [0.1, 0.15) is 0 Å². The number of benzene rings is 10. The number of fused-ring (bicyclic) bond motifs is 4. The van der Waals surface area contributed by atoms with Crippen molar-refractivity contribution in [2.24, 2.45) is 0 Å².